The molecule has 0 amide bonds. The Balaban J connectivity index is 2.39. The van der Waals surface area contributed by atoms with Gasteiger partial charge in [-0.25, -0.2) is 5.10 Å². The third-order valence-electron chi connectivity index (χ3n) is 2.83. The van der Waals surface area contributed by atoms with Crippen molar-refractivity contribution in [3.8, 4) is 0 Å². The van der Waals surface area contributed by atoms with Gasteiger partial charge in [0.1, 0.15) is 4.75 Å². The first-order valence-electron chi connectivity index (χ1n) is 7.65. The molecule has 0 bridgehead atoms. The average molecular weight is 368 g/mol. The molecule has 6 nitrogen and oxygen atoms in total. The highest BCUT2D eigenvalue weighted by Gasteiger charge is 2.29. The smallest absolute Gasteiger partial charge is 0.248 e. The molecule has 1 atom stereocenters. The van der Waals surface area contributed by atoms with Crippen molar-refractivity contribution in [2.45, 2.75) is 60.8 Å². The van der Waals surface area contributed by atoms with Gasteiger partial charge in [-0.1, -0.05) is 20.8 Å². The van der Waals surface area contributed by atoms with Crippen molar-refractivity contribution >= 4 is 40.5 Å². The first-order valence-corrected chi connectivity index (χ1v) is 9.61. The summed E-state index contributed by atoms with van der Waals surface area (Å²) < 4.78 is 12.5. The summed E-state index contributed by atoms with van der Waals surface area (Å²) in [4.78, 5) is 5.88. The molecule has 0 saturated carbocycles. The number of rotatable bonds is 4. The second-order valence-electron chi connectivity index (χ2n) is 7.46. The van der Waals surface area contributed by atoms with Crippen LogP contribution in [0.5, 0.6) is 0 Å². The average Bonchev–Trinajstić information content (AvgIpc) is 2.79. The molecule has 0 aliphatic carbocycles. The first kappa shape index (κ1) is 19.0. The molecular formula is C16H25N5OS2. The summed E-state index contributed by atoms with van der Waals surface area (Å²) in [5.41, 5.74) is 6.35. The van der Waals surface area contributed by atoms with Gasteiger partial charge in [-0.3, -0.25) is 0 Å². The maximum atomic E-state index is 12.8. The van der Waals surface area contributed by atoms with Crippen LogP contribution in [0.3, 0.4) is 0 Å². The zero-order valence-corrected chi connectivity index (χ0v) is 16.6. The topological polar surface area (TPSA) is 103 Å². The highest BCUT2D eigenvalue weighted by Crippen LogP contribution is 2.37. The highest BCUT2D eigenvalue weighted by atomic mass is 32.2. The van der Waals surface area contributed by atoms with Gasteiger partial charge in [0.15, 0.2) is 4.90 Å². The van der Waals surface area contributed by atoms with Crippen molar-refractivity contribution in [2.75, 3.05) is 11.1 Å². The summed E-state index contributed by atoms with van der Waals surface area (Å²) in [5, 5.41) is 9.69. The number of thioether (sulfide) groups is 1. The molecule has 1 aromatic carbocycles. The van der Waals surface area contributed by atoms with Gasteiger partial charge in [-0.15, -0.1) is 16.9 Å². The Morgan fingerprint density at radius 3 is 2.33 bits per heavy atom. The third kappa shape index (κ3) is 5.32. The van der Waals surface area contributed by atoms with Crippen molar-refractivity contribution in [2.24, 2.45) is 0 Å². The molecular weight excluding hydrogens is 342 g/mol. The van der Waals surface area contributed by atoms with Crippen LogP contribution >= 0.6 is 11.8 Å². The molecule has 2 aromatic rings. The highest BCUT2D eigenvalue weighted by molar-refractivity contribution is 8.00. The number of nitrogens with zero attached hydrogens (tertiary/aromatic N) is 2. The fourth-order valence-electron chi connectivity index (χ4n) is 1.98. The predicted molar refractivity (Wildman–Crippen MR) is 102 cm³/mol. The van der Waals surface area contributed by atoms with Crippen LogP contribution < -0.4 is 11.1 Å². The van der Waals surface area contributed by atoms with E-state index in [0.29, 0.717) is 5.95 Å². The van der Waals surface area contributed by atoms with Crippen molar-refractivity contribution in [1.29, 1.82) is 0 Å². The standard InChI is InChI=1S/C16H25N5OS2/c1-15(2,3)23-11-7-10(18-14-19-13(17)20-21-14)8-12(9-11)24(22)16(4,5)6/h7-9H,1-6H3,(H4,17,18,19,20,21). The van der Waals surface area contributed by atoms with E-state index in [1.54, 1.807) is 11.8 Å². The van der Waals surface area contributed by atoms with Crippen molar-refractivity contribution < 1.29 is 4.55 Å². The van der Waals surface area contributed by atoms with E-state index in [0.717, 1.165) is 15.5 Å². The van der Waals surface area contributed by atoms with Crippen LogP contribution in [0.2, 0.25) is 0 Å². The number of hydrogen-bond donors (Lipinski definition) is 3. The summed E-state index contributed by atoms with van der Waals surface area (Å²) in [7, 11) is 0. The van der Waals surface area contributed by atoms with Crippen molar-refractivity contribution in [3.05, 3.63) is 18.2 Å². The SMILES string of the molecule is CC(C)(C)Sc1cc(Nc2n[nH]c(N)n2)cc([S+]([O-])C(C)(C)C)c1. The van der Waals surface area contributed by atoms with Gasteiger partial charge in [0.05, 0.1) is 0 Å². The number of nitrogens with one attached hydrogen (secondary N) is 2. The Bertz CT molecular complexity index is 703. The molecule has 0 spiro atoms. The molecule has 4 N–H and O–H groups in total. The molecule has 1 aromatic heterocycles. The lowest BCUT2D eigenvalue weighted by Gasteiger charge is -2.25. The van der Waals surface area contributed by atoms with E-state index in [-0.39, 0.29) is 15.4 Å². The lowest BCUT2D eigenvalue weighted by atomic mass is 10.3. The number of benzene rings is 1. The van der Waals surface area contributed by atoms with E-state index < -0.39 is 11.2 Å². The van der Waals surface area contributed by atoms with Gasteiger partial charge in [0.25, 0.3) is 0 Å². The maximum Gasteiger partial charge on any atom is 0.248 e. The minimum Gasteiger partial charge on any atom is -0.611 e. The van der Waals surface area contributed by atoms with Crippen LogP contribution in [0.4, 0.5) is 17.6 Å². The van der Waals surface area contributed by atoms with Gasteiger partial charge in [-0.05, 0) is 38.0 Å². The van der Waals surface area contributed by atoms with Crippen LogP contribution in [0.25, 0.3) is 0 Å². The minimum absolute atomic E-state index is 0.0497. The van der Waals surface area contributed by atoms with E-state index in [2.05, 4.69) is 41.3 Å². The Morgan fingerprint density at radius 2 is 1.83 bits per heavy atom. The van der Waals surface area contributed by atoms with Crippen molar-refractivity contribution in [3.63, 3.8) is 0 Å². The van der Waals surface area contributed by atoms with Crippen LogP contribution in [-0.4, -0.2) is 29.2 Å². The zero-order chi connectivity index (χ0) is 18.1. The number of aromatic amines is 1. The van der Waals surface area contributed by atoms with E-state index in [1.807, 2.05) is 39.0 Å². The Kier molecular flexibility index (Phi) is 5.41. The molecule has 0 aliphatic heterocycles. The third-order valence-corrected chi connectivity index (χ3v) is 5.69. The second-order valence-corrected chi connectivity index (χ2v) is 11.6. The molecule has 8 heteroatoms. The lowest BCUT2D eigenvalue weighted by molar-refractivity contribution is 0.559. The summed E-state index contributed by atoms with van der Waals surface area (Å²) >= 11 is 0.596. The fraction of sp³-hybridized carbons (Fsp3) is 0.500. The summed E-state index contributed by atoms with van der Waals surface area (Å²) in [6, 6.07) is 5.88. The van der Waals surface area contributed by atoms with Crippen molar-refractivity contribution in [1.82, 2.24) is 15.2 Å². The molecule has 2 rings (SSSR count). The van der Waals surface area contributed by atoms with Crippen LogP contribution in [0, 0.1) is 0 Å². The second kappa shape index (κ2) is 6.85. The number of hydrogen-bond acceptors (Lipinski definition) is 6. The van der Waals surface area contributed by atoms with E-state index in [1.165, 1.54) is 0 Å². The van der Waals surface area contributed by atoms with Crippen LogP contribution in [-0.2, 0) is 11.2 Å². The van der Waals surface area contributed by atoms with Gasteiger partial charge in [-0.2, -0.15) is 4.98 Å². The largest absolute Gasteiger partial charge is 0.611 e. The molecule has 1 heterocycles. The molecule has 0 fully saturated rings. The number of H-pyrrole nitrogens is 1. The zero-order valence-electron chi connectivity index (χ0n) is 14.9. The Labute approximate surface area is 150 Å². The predicted octanol–water partition coefficient (Wildman–Crippen LogP) is 3.93. The quantitative estimate of drug-likeness (QED) is 0.559. The molecule has 24 heavy (non-hydrogen) atoms. The summed E-state index contributed by atoms with van der Waals surface area (Å²) in [6.45, 7) is 12.3. The number of aromatic nitrogens is 3. The summed E-state index contributed by atoms with van der Waals surface area (Å²) in [5.74, 6) is 0.633. The maximum absolute atomic E-state index is 12.8. The van der Waals surface area contributed by atoms with E-state index in [9.17, 15) is 4.55 Å². The van der Waals surface area contributed by atoms with Gasteiger partial charge in [0.2, 0.25) is 11.9 Å². The number of anilines is 3. The van der Waals surface area contributed by atoms with Gasteiger partial charge < -0.3 is 15.6 Å². The lowest BCUT2D eigenvalue weighted by Crippen LogP contribution is -2.28. The van der Waals surface area contributed by atoms with Gasteiger partial charge >= 0.3 is 0 Å². The van der Waals surface area contributed by atoms with Gasteiger partial charge in [0, 0.05) is 27.5 Å². The Hall–Kier alpha value is -1.38. The molecule has 1 unspecified atom stereocenters. The Morgan fingerprint density at radius 1 is 1.17 bits per heavy atom. The van der Waals surface area contributed by atoms with E-state index in [4.69, 9.17) is 5.73 Å². The normalized spacial score (nSPS) is 13.8. The molecule has 0 radical (unpaired) electrons. The minimum atomic E-state index is -1.13. The number of nitrogens with two attached hydrogens (primary N) is 1. The van der Waals surface area contributed by atoms with Crippen LogP contribution in [0.1, 0.15) is 41.5 Å². The molecule has 0 saturated heterocycles. The molecule has 132 valence electrons. The molecule has 0 aliphatic rings. The monoisotopic (exact) mass is 367 g/mol. The fourth-order valence-corrected chi connectivity index (χ4v) is 4.30. The first-order chi connectivity index (χ1) is 10.9. The van der Waals surface area contributed by atoms with Crippen LogP contribution in [0.15, 0.2) is 28.0 Å². The summed E-state index contributed by atoms with van der Waals surface area (Å²) in [6.07, 6.45) is 0. The number of nitrogen functional groups attached to an aromatic ring is 1. The van der Waals surface area contributed by atoms with E-state index >= 15 is 0 Å².